The molecule has 0 aliphatic carbocycles. The van der Waals surface area contributed by atoms with Crippen molar-refractivity contribution in [1.82, 2.24) is 15.1 Å². The highest BCUT2D eigenvalue weighted by Gasteiger charge is 2.09. The molecule has 1 amide bonds. The first kappa shape index (κ1) is 11.9. The smallest absolute Gasteiger partial charge is 0.269 e. The van der Waals surface area contributed by atoms with Gasteiger partial charge in [0, 0.05) is 23.0 Å². The zero-order chi connectivity index (χ0) is 12.8. The number of amides is 1. The lowest BCUT2D eigenvalue weighted by molar-refractivity contribution is -0.752. The third-order valence-corrected chi connectivity index (χ3v) is 2.31. The van der Waals surface area contributed by atoms with Crippen LogP contribution in [0.5, 0.6) is 0 Å². The molecule has 0 atom stereocenters. The summed E-state index contributed by atoms with van der Waals surface area (Å²) in [4.78, 5) is 28.6. The second-order valence-electron chi connectivity index (χ2n) is 3.51. The maximum atomic E-state index is 10.7. The van der Waals surface area contributed by atoms with Crippen molar-refractivity contribution >= 4 is 5.91 Å². The zero-order valence-electron chi connectivity index (χ0n) is 9.43. The van der Waals surface area contributed by atoms with Crippen LogP contribution in [0.25, 0.3) is 11.3 Å². The van der Waals surface area contributed by atoms with Crippen LogP contribution in [-0.2, 0) is 11.3 Å². The molecule has 2 aromatic heterocycles. The minimum Gasteiger partial charge on any atom is -0.269 e. The number of hydrogen-bond acceptors (Lipinski definition) is 5. The number of aromatic nitrogens is 4. The lowest BCUT2D eigenvalue weighted by Gasteiger charge is -1.97. The molecule has 0 radical (unpaired) electrons. The van der Waals surface area contributed by atoms with E-state index in [0.717, 1.165) is 11.3 Å². The number of carbonyl (C=O) groups excluding carboxylic acids is 1. The van der Waals surface area contributed by atoms with E-state index in [1.165, 1.54) is 6.33 Å². The van der Waals surface area contributed by atoms with Crippen molar-refractivity contribution in [2.24, 2.45) is 5.18 Å². The molecular weight excluding hydrogens is 234 g/mol. The lowest BCUT2D eigenvalue weighted by Crippen LogP contribution is -2.38. The average Bonchev–Trinajstić information content (AvgIpc) is 2.46. The molecule has 7 nitrogen and oxygen atoms in total. The van der Waals surface area contributed by atoms with Gasteiger partial charge < -0.3 is 0 Å². The van der Waals surface area contributed by atoms with Crippen LogP contribution < -0.4 is 4.68 Å². The molecule has 0 unspecified atom stereocenters. The van der Waals surface area contributed by atoms with Crippen LogP contribution in [0.15, 0.2) is 42.2 Å². The van der Waals surface area contributed by atoms with Crippen LogP contribution in [-0.4, -0.2) is 21.0 Å². The van der Waals surface area contributed by atoms with Gasteiger partial charge in [-0.2, -0.15) is 0 Å². The minimum absolute atomic E-state index is 0.0496. The Morgan fingerprint density at radius 1 is 1.39 bits per heavy atom. The fourth-order valence-electron chi connectivity index (χ4n) is 1.39. The second-order valence-corrected chi connectivity index (χ2v) is 3.51. The summed E-state index contributed by atoms with van der Waals surface area (Å²) < 4.78 is 1.56. The van der Waals surface area contributed by atoms with Gasteiger partial charge in [-0.15, -0.1) is 4.91 Å². The summed E-state index contributed by atoms with van der Waals surface area (Å²) in [7, 11) is 0. The quantitative estimate of drug-likeness (QED) is 0.577. The Bertz CT molecular complexity index is 541. The normalized spacial score (nSPS) is 10.0. The Kier molecular flexibility index (Phi) is 3.75. The van der Waals surface area contributed by atoms with Gasteiger partial charge in [0.25, 0.3) is 5.91 Å². The zero-order valence-corrected chi connectivity index (χ0v) is 9.43. The van der Waals surface area contributed by atoms with Gasteiger partial charge in [-0.3, -0.25) is 4.79 Å². The van der Waals surface area contributed by atoms with E-state index in [9.17, 15) is 9.70 Å². The molecule has 0 aromatic carbocycles. The number of nitrogens with zero attached hydrogens (tertiary/aromatic N) is 5. The number of rotatable bonds is 4. The van der Waals surface area contributed by atoms with Crippen molar-refractivity contribution in [3.8, 4) is 11.3 Å². The van der Waals surface area contributed by atoms with E-state index >= 15 is 0 Å². The molecular formula is C11H10N5O2+. The Hall–Kier alpha value is -2.57. The van der Waals surface area contributed by atoms with Gasteiger partial charge in [-0.25, -0.2) is 9.97 Å². The molecule has 0 aliphatic heterocycles. The molecule has 0 bridgehead atoms. The summed E-state index contributed by atoms with van der Waals surface area (Å²) in [6, 6.07) is 3.61. The number of nitroso groups, excluding NO2 is 1. The highest BCUT2D eigenvalue weighted by atomic mass is 16.3. The average molecular weight is 244 g/mol. The summed E-state index contributed by atoms with van der Waals surface area (Å²) in [5, 5.41) is 6.44. The van der Waals surface area contributed by atoms with Crippen molar-refractivity contribution in [2.45, 2.75) is 13.0 Å². The number of carbonyl (C=O) groups is 1. The van der Waals surface area contributed by atoms with E-state index in [4.69, 9.17) is 0 Å². The number of aryl methyl sites for hydroxylation is 1. The van der Waals surface area contributed by atoms with Crippen LogP contribution in [0.4, 0.5) is 0 Å². The SMILES string of the molecule is O=NC(=O)CC[n+]1ccc(-c2ccncn2)cn1. The number of hydrogen-bond donors (Lipinski definition) is 0. The van der Waals surface area contributed by atoms with E-state index in [2.05, 4.69) is 20.2 Å². The lowest BCUT2D eigenvalue weighted by atomic mass is 10.2. The van der Waals surface area contributed by atoms with Crippen LogP contribution >= 0.6 is 0 Å². The third kappa shape index (κ3) is 2.97. The fraction of sp³-hybridized carbons (Fsp3) is 0.182. The van der Waals surface area contributed by atoms with Gasteiger partial charge in [-0.1, -0.05) is 4.68 Å². The van der Waals surface area contributed by atoms with E-state index in [1.807, 2.05) is 6.07 Å². The van der Waals surface area contributed by atoms with E-state index in [-0.39, 0.29) is 6.42 Å². The van der Waals surface area contributed by atoms with Crippen molar-refractivity contribution < 1.29 is 9.48 Å². The molecule has 0 saturated carbocycles. The van der Waals surface area contributed by atoms with Crippen LogP contribution in [0.2, 0.25) is 0 Å². The maximum Gasteiger partial charge on any atom is 0.292 e. The predicted octanol–water partition coefficient (Wildman–Crippen LogP) is 0.509. The van der Waals surface area contributed by atoms with Crippen molar-refractivity contribution in [2.75, 3.05) is 0 Å². The molecule has 7 heteroatoms. The second kappa shape index (κ2) is 5.67. The maximum absolute atomic E-state index is 10.7. The van der Waals surface area contributed by atoms with Crippen molar-refractivity contribution in [3.05, 3.63) is 42.0 Å². The Morgan fingerprint density at radius 3 is 2.89 bits per heavy atom. The van der Waals surface area contributed by atoms with Gasteiger partial charge >= 0.3 is 0 Å². The van der Waals surface area contributed by atoms with Crippen molar-refractivity contribution in [3.63, 3.8) is 0 Å². The van der Waals surface area contributed by atoms with E-state index in [1.54, 1.807) is 29.3 Å². The summed E-state index contributed by atoms with van der Waals surface area (Å²) in [6.45, 7) is 0.328. The van der Waals surface area contributed by atoms with Gasteiger partial charge in [0.05, 0.1) is 12.1 Å². The summed E-state index contributed by atoms with van der Waals surface area (Å²) in [6.07, 6.45) is 6.52. The largest absolute Gasteiger partial charge is 0.292 e. The first-order valence-electron chi connectivity index (χ1n) is 5.28. The highest BCUT2D eigenvalue weighted by molar-refractivity contribution is 5.76. The summed E-state index contributed by atoms with van der Waals surface area (Å²) >= 11 is 0. The molecule has 2 aromatic rings. The molecule has 0 fully saturated rings. The Labute approximate surface area is 102 Å². The van der Waals surface area contributed by atoms with E-state index in [0.29, 0.717) is 6.54 Å². The fourth-order valence-corrected chi connectivity index (χ4v) is 1.39. The van der Waals surface area contributed by atoms with Crippen LogP contribution in [0.3, 0.4) is 0 Å². The van der Waals surface area contributed by atoms with E-state index < -0.39 is 5.91 Å². The van der Waals surface area contributed by atoms with Gasteiger partial charge in [0.1, 0.15) is 12.5 Å². The van der Waals surface area contributed by atoms with Gasteiger partial charge in [-0.05, 0) is 11.2 Å². The summed E-state index contributed by atoms with van der Waals surface area (Å²) in [5.41, 5.74) is 1.63. The Morgan fingerprint density at radius 2 is 2.28 bits per heavy atom. The van der Waals surface area contributed by atoms with Gasteiger partial charge in [0.15, 0.2) is 12.7 Å². The molecule has 90 valence electrons. The molecule has 18 heavy (non-hydrogen) atoms. The highest BCUT2D eigenvalue weighted by Crippen LogP contribution is 2.11. The minimum atomic E-state index is -0.677. The summed E-state index contributed by atoms with van der Waals surface area (Å²) in [5.74, 6) is -0.677. The van der Waals surface area contributed by atoms with Crippen LogP contribution in [0.1, 0.15) is 6.42 Å². The third-order valence-electron chi connectivity index (χ3n) is 2.31. The first-order valence-corrected chi connectivity index (χ1v) is 5.28. The topological polar surface area (TPSA) is 89.0 Å². The molecule has 2 heterocycles. The van der Waals surface area contributed by atoms with Gasteiger partial charge in [0.2, 0.25) is 0 Å². The van der Waals surface area contributed by atoms with Crippen molar-refractivity contribution in [1.29, 1.82) is 0 Å². The predicted molar refractivity (Wildman–Crippen MR) is 60.9 cm³/mol. The molecule has 0 spiro atoms. The molecule has 0 N–H and O–H groups in total. The molecule has 0 saturated heterocycles. The Balaban J connectivity index is 2.06. The first-order chi connectivity index (χ1) is 8.79. The molecule has 0 aliphatic rings. The monoisotopic (exact) mass is 244 g/mol. The molecule has 2 rings (SSSR count). The van der Waals surface area contributed by atoms with Crippen LogP contribution in [0, 0.1) is 4.91 Å². The standard InChI is InChI=1S/C11H10N5O2/c17-11(15-18)3-6-16-5-2-9(7-14-16)10-1-4-12-8-13-10/h1-2,4-5,7-8H,3,6H2/q+1.